The first-order valence-electron chi connectivity index (χ1n) is 15.3. The number of hydrogen-bond acceptors (Lipinski definition) is 3. The van der Waals surface area contributed by atoms with E-state index in [1.807, 2.05) is 12.4 Å². The number of fused-ring (bicyclic) bond motifs is 4. The third kappa shape index (κ3) is 2.78. The van der Waals surface area contributed by atoms with Crippen LogP contribution in [0, 0.1) is 11.3 Å². The minimum atomic E-state index is -0.0461. The molecule has 5 heterocycles. The second-order valence-corrected chi connectivity index (χ2v) is 14.0. The average Bonchev–Trinajstić information content (AvgIpc) is 3.68. The molecule has 2 saturated carbocycles. The topological polar surface area (TPSA) is 25.4 Å². The maximum Gasteiger partial charge on any atom is 0.0974 e. The van der Waals surface area contributed by atoms with Gasteiger partial charge in [-0.25, -0.2) is 0 Å². The van der Waals surface area contributed by atoms with Crippen LogP contribution in [0.15, 0.2) is 60.0 Å². The summed E-state index contributed by atoms with van der Waals surface area (Å²) in [7, 11) is 0. The summed E-state index contributed by atoms with van der Waals surface area (Å²) in [6.07, 6.45) is 25.1. The molecule has 4 bridgehead atoms. The fourth-order valence-electron chi connectivity index (χ4n) is 11.1. The second kappa shape index (κ2) is 7.36. The molecule has 0 N–H and O–H groups in total. The molecular weight excluding hydrogens is 452 g/mol. The highest BCUT2D eigenvalue weighted by molar-refractivity contribution is 5.82. The molecule has 2 spiro atoms. The van der Waals surface area contributed by atoms with E-state index in [-0.39, 0.29) is 16.6 Å². The maximum atomic E-state index is 7.62. The lowest BCUT2D eigenvalue weighted by atomic mass is 9.58. The fourth-order valence-corrected chi connectivity index (χ4v) is 11.1. The minimum Gasteiger partial charge on any atom is -0.359 e. The Kier molecular flexibility index (Phi) is 4.36. The molecule has 3 heteroatoms. The highest BCUT2D eigenvalue weighted by Crippen LogP contribution is 2.69. The number of ether oxygens (including phenoxy) is 1. The molecule has 9 rings (SSSR count). The Hall–Kier alpha value is -1.97. The largest absolute Gasteiger partial charge is 0.359 e. The van der Waals surface area contributed by atoms with Crippen molar-refractivity contribution in [3.8, 4) is 0 Å². The van der Waals surface area contributed by atoms with E-state index in [0.29, 0.717) is 11.8 Å². The lowest BCUT2D eigenvalue weighted by molar-refractivity contribution is -0.141. The highest BCUT2D eigenvalue weighted by atomic mass is 16.5. The van der Waals surface area contributed by atoms with Gasteiger partial charge in [-0.1, -0.05) is 31.2 Å². The van der Waals surface area contributed by atoms with Gasteiger partial charge in [0.25, 0.3) is 0 Å². The Morgan fingerprint density at radius 1 is 0.919 bits per heavy atom. The minimum absolute atomic E-state index is 0.0211. The number of nitrogens with zero attached hydrogens (tertiary/aromatic N) is 2. The van der Waals surface area contributed by atoms with Crippen molar-refractivity contribution in [2.45, 2.75) is 119 Å². The SMILES string of the molecule is C[C@]12CC=C3C=C4CC[C@H](N5C6CCC5CC6)C[C@]45CC[C@]3(O5)[C@@H]1CC[C@@H]2c1ccc2ccncc2c1. The summed E-state index contributed by atoms with van der Waals surface area (Å²) in [6.45, 7) is 2.60. The van der Waals surface area contributed by atoms with Crippen LogP contribution in [0.25, 0.3) is 10.8 Å². The van der Waals surface area contributed by atoms with Gasteiger partial charge >= 0.3 is 0 Å². The van der Waals surface area contributed by atoms with Gasteiger partial charge in [-0.3, -0.25) is 9.88 Å². The molecule has 2 aromatic rings. The van der Waals surface area contributed by atoms with Gasteiger partial charge in [0.2, 0.25) is 0 Å². The van der Waals surface area contributed by atoms with Crippen LogP contribution in [0.5, 0.6) is 0 Å². The monoisotopic (exact) mass is 492 g/mol. The number of allylic oxidation sites excluding steroid dienone is 1. The molecule has 192 valence electrons. The molecule has 3 aliphatic carbocycles. The quantitative estimate of drug-likeness (QED) is 0.435. The van der Waals surface area contributed by atoms with E-state index in [1.54, 1.807) is 11.1 Å². The molecular formula is C34H40N2O. The predicted molar refractivity (Wildman–Crippen MR) is 147 cm³/mol. The molecule has 7 aliphatic rings. The number of rotatable bonds is 2. The molecule has 3 nitrogen and oxygen atoms in total. The molecule has 5 fully saturated rings. The molecule has 0 amide bonds. The van der Waals surface area contributed by atoms with Crippen molar-refractivity contribution in [3.05, 3.63) is 65.5 Å². The zero-order valence-corrected chi connectivity index (χ0v) is 22.3. The van der Waals surface area contributed by atoms with Crippen LogP contribution in [0.4, 0.5) is 0 Å². The first-order valence-corrected chi connectivity index (χ1v) is 15.3. The first-order chi connectivity index (χ1) is 18.1. The van der Waals surface area contributed by atoms with Crippen molar-refractivity contribution in [2.75, 3.05) is 0 Å². The fraction of sp³-hybridized carbons (Fsp3) is 0.618. The summed E-state index contributed by atoms with van der Waals surface area (Å²) >= 11 is 0. The van der Waals surface area contributed by atoms with Crippen molar-refractivity contribution in [2.24, 2.45) is 11.3 Å². The molecule has 1 aromatic carbocycles. The Morgan fingerprint density at radius 2 is 1.78 bits per heavy atom. The van der Waals surface area contributed by atoms with Crippen molar-refractivity contribution < 1.29 is 4.74 Å². The number of pyridine rings is 1. The van der Waals surface area contributed by atoms with Gasteiger partial charge in [-0.2, -0.15) is 0 Å². The van der Waals surface area contributed by atoms with E-state index >= 15 is 0 Å². The Bertz CT molecular complexity index is 1340. The first kappa shape index (κ1) is 21.9. The van der Waals surface area contributed by atoms with E-state index in [0.717, 1.165) is 18.1 Å². The van der Waals surface area contributed by atoms with Crippen LogP contribution >= 0.6 is 0 Å². The van der Waals surface area contributed by atoms with Crippen molar-refractivity contribution in [1.82, 2.24) is 9.88 Å². The van der Waals surface area contributed by atoms with Gasteiger partial charge in [0.15, 0.2) is 0 Å². The molecule has 0 unspecified atom stereocenters. The number of hydrogen-bond donors (Lipinski definition) is 0. The van der Waals surface area contributed by atoms with Crippen LogP contribution in [-0.2, 0) is 4.74 Å². The third-order valence-corrected chi connectivity index (χ3v) is 12.7. The second-order valence-electron chi connectivity index (χ2n) is 14.0. The van der Waals surface area contributed by atoms with Gasteiger partial charge in [0.05, 0.1) is 11.2 Å². The van der Waals surface area contributed by atoms with Gasteiger partial charge < -0.3 is 4.74 Å². The Labute approximate surface area is 221 Å². The third-order valence-electron chi connectivity index (χ3n) is 12.7. The summed E-state index contributed by atoms with van der Waals surface area (Å²) in [5.41, 5.74) is 4.96. The van der Waals surface area contributed by atoms with E-state index < -0.39 is 0 Å². The van der Waals surface area contributed by atoms with Gasteiger partial charge in [-0.05, 0) is 129 Å². The van der Waals surface area contributed by atoms with Crippen LogP contribution < -0.4 is 0 Å². The Morgan fingerprint density at radius 3 is 2.65 bits per heavy atom. The summed E-state index contributed by atoms with van der Waals surface area (Å²) < 4.78 is 7.62. The summed E-state index contributed by atoms with van der Waals surface area (Å²) in [4.78, 5) is 7.39. The zero-order valence-electron chi connectivity index (χ0n) is 22.3. The number of benzene rings is 1. The van der Waals surface area contributed by atoms with Crippen LogP contribution in [0.1, 0.15) is 95.5 Å². The predicted octanol–water partition coefficient (Wildman–Crippen LogP) is 7.47. The standard InChI is InChI=1S/C34H40N2O/c1-32-14-12-26-19-25-4-5-29(36-27-6-7-28(36)9-8-27)20-33(25)15-16-34(26,37-33)31(32)11-10-30(32)23-3-2-22-13-17-35-21-24(22)18-23/h2-3,12-13,17-19,21,27-31H,4-11,14-16,20H2,1H3/t27?,28?,29-,30+,31+,32+,33+,34+/m0/s1. The number of aromatic nitrogens is 1. The van der Waals surface area contributed by atoms with E-state index in [9.17, 15) is 0 Å². The van der Waals surface area contributed by atoms with Gasteiger partial charge in [-0.15, -0.1) is 0 Å². The van der Waals surface area contributed by atoms with E-state index in [4.69, 9.17) is 4.74 Å². The molecule has 37 heavy (non-hydrogen) atoms. The summed E-state index contributed by atoms with van der Waals surface area (Å²) in [5.74, 6) is 1.22. The summed E-state index contributed by atoms with van der Waals surface area (Å²) in [5, 5.41) is 2.58. The van der Waals surface area contributed by atoms with Gasteiger partial charge in [0, 0.05) is 35.9 Å². The zero-order chi connectivity index (χ0) is 24.4. The average molecular weight is 493 g/mol. The highest BCUT2D eigenvalue weighted by Gasteiger charge is 2.67. The van der Waals surface area contributed by atoms with Crippen molar-refractivity contribution in [3.63, 3.8) is 0 Å². The normalized spacial score (nSPS) is 45.9. The van der Waals surface area contributed by atoms with E-state index in [2.05, 4.69) is 53.2 Å². The molecule has 4 aliphatic heterocycles. The molecule has 6 atom stereocenters. The summed E-state index contributed by atoms with van der Waals surface area (Å²) in [6, 6.07) is 11.8. The van der Waals surface area contributed by atoms with Gasteiger partial charge in [0.1, 0.15) is 0 Å². The van der Waals surface area contributed by atoms with Crippen LogP contribution in [-0.4, -0.2) is 39.2 Å². The lowest BCUT2D eigenvalue weighted by Crippen LogP contribution is -2.55. The van der Waals surface area contributed by atoms with Crippen molar-refractivity contribution in [1.29, 1.82) is 0 Å². The Balaban J connectivity index is 1.06. The molecule has 3 saturated heterocycles. The van der Waals surface area contributed by atoms with E-state index in [1.165, 1.54) is 93.4 Å². The molecule has 0 radical (unpaired) electrons. The lowest BCUT2D eigenvalue weighted by Gasteiger charge is -2.55. The smallest absolute Gasteiger partial charge is 0.0974 e. The maximum absolute atomic E-state index is 7.62. The van der Waals surface area contributed by atoms with Crippen molar-refractivity contribution >= 4 is 10.8 Å². The molecule has 1 aromatic heterocycles. The van der Waals surface area contributed by atoms with Crippen LogP contribution in [0.2, 0.25) is 0 Å². The van der Waals surface area contributed by atoms with Crippen LogP contribution in [0.3, 0.4) is 0 Å².